The lowest BCUT2D eigenvalue weighted by molar-refractivity contribution is -0.165. The second-order valence-corrected chi connectivity index (χ2v) is 9.47. The summed E-state index contributed by atoms with van der Waals surface area (Å²) in [6, 6.07) is 1.97. The highest BCUT2D eigenvalue weighted by atomic mass is 16.5. The van der Waals surface area contributed by atoms with E-state index >= 15 is 0 Å². The lowest BCUT2D eigenvalue weighted by Gasteiger charge is -2.58. The zero-order valence-corrected chi connectivity index (χ0v) is 18.3. The van der Waals surface area contributed by atoms with Gasteiger partial charge in [-0.05, 0) is 60.1 Å². The molecule has 0 aromatic carbocycles. The van der Waals surface area contributed by atoms with Gasteiger partial charge in [-0.2, -0.15) is 0 Å². The average Bonchev–Trinajstić information content (AvgIpc) is 3.18. The van der Waals surface area contributed by atoms with Crippen molar-refractivity contribution in [1.29, 1.82) is 0 Å². The van der Waals surface area contributed by atoms with Crippen LogP contribution in [0.5, 0.6) is 0 Å². The molecule has 1 heterocycles. The van der Waals surface area contributed by atoms with E-state index < -0.39 is 6.10 Å². The lowest BCUT2D eigenvalue weighted by atomic mass is 9.47. The molecule has 0 unspecified atom stereocenters. The molecule has 4 atom stereocenters. The number of fused-ring (bicyclic) bond motifs is 1. The van der Waals surface area contributed by atoms with Gasteiger partial charge in [0, 0.05) is 17.9 Å². The fourth-order valence-electron chi connectivity index (χ4n) is 5.98. The third-order valence-electron chi connectivity index (χ3n) is 7.21. The number of hydrogen-bond donors (Lipinski definition) is 0. The van der Waals surface area contributed by atoms with Gasteiger partial charge in [-0.25, -0.2) is 4.79 Å². The Kier molecular flexibility index (Phi) is 6.25. The van der Waals surface area contributed by atoms with Crippen molar-refractivity contribution < 1.29 is 23.5 Å². The molecule has 0 amide bonds. The zero-order chi connectivity index (χ0) is 21.2. The van der Waals surface area contributed by atoms with Crippen molar-refractivity contribution in [2.24, 2.45) is 22.7 Å². The van der Waals surface area contributed by atoms with Crippen molar-refractivity contribution in [2.75, 3.05) is 7.11 Å². The van der Waals surface area contributed by atoms with Crippen LogP contribution >= 0.6 is 0 Å². The van der Waals surface area contributed by atoms with Gasteiger partial charge < -0.3 is 13.9 Å². The van der Waals surface area contributed by atoms with E-state index in [1.807, 2.05) is 12.1 Å². The van der Waals surface area contributed by atoms with Crippen molar-refractivity contribution >= 4 is 11.9 Å². The molecule has 0 saturated heterocycles. The molecule has 29 heavy (non-hydrogen) atoms. The standard InChI is InChI=1S/C24H34O5/c1-6-20(25)29-19-14-17(22(26)27-5)18(9-8-16-10-13-28-15-16)24(4)12-7-11-23(2,3)21(19)24/h10,13-15,18-19,21H,6-9,11-12H2,1-5H3/t18-,19-,21-,24+/m0/s1. The quantitative estimate of drug-likeness (QED) is 0.620. The van der Waals surface area contributed by atoms with Gasteiger partial charge in [0.25, 0.3) is 0 Å². The second kappa shape index (κ2) is 8.37. The van der Waals surface area contributed by atoms with E-state index in [0.717, 1.165) is 37.7 Å². The first kappa shape index (κ1) is 21.7. The molecule has 2 aliphatic carbocycles. The van der Waals surface area contributed by atoms with E-state index in [0.29, 0.717) is 12.0 Å². The molecule has 2 aliphatic rings. The van der Waals surface area contributed by atoms with E-state index in [1.165, 1.54) is 7.11 Å². The van der Waals surface area contributed by atoms with Gasteiger partial charge in [-0.1, -0.05) is 34.1 Å². The minimum atomic E-state index is -0.401. The van der Waals surface area contributed by atoms with Crippen LogP contribution in [-0.4, -0.2) is 25.2 Å². The SMILES string of the molecule is CCC(=O)O[C@H]1C=C(C(=O)OC)[C@H](CCc2ccoc2)[C@@]2(C)CCCC(C)(C)[C@H]12. The molecule has 1 aromatic rings. The molecule has 3 rings (SSSR count). The maximum atomic E-state index is 12.8. The van der Waals surface area contributed by atoms with Crippen molar-refractivity contribution in [3.8, 4) is 0 Å². The number of furan rings is 1. The molecule has 0 bridgehead atoms. The minimum Gasteiger partial charge on any atom is -0.472 e. The molecular formula is C24H34O5. The molecule has 5 heteroatoms. The summed E-state index contributed by atoms with van der Waals surface area (Å²) < 4.78 is 16.3. The molecular weight excluding hydrogens is 368 g/mol. The average molecular weight is 403 g/mol. The number of carbonyl (C=O) groups is 2. The number of rotatable bonds is 6. The van der Waals surface area contributed by atoms with Crippen LogP contribution in [0.25, 0.3) is 0 Å². The smallest absolute Gasteiger partial charge is 0.333 e. The molecule has 0 spiro atoms. The van der Waals surface area contributed by atoms with Crippen molar-refractivity contribution in [3.63, 3.8) is 0 Å². The summed E-state index contributed by atoms with van der Waals surface area (Å²) in [5.41, 5.74) is 1.64. The number of methoxy groups -OCH3 is 1. The fourth-order valence-corrected chi connectivity index (χ4v) is 5.98. The summed E-state index contributed by atoms with van der Waals surface area (Å²) in [5.74, 6) is -0.341. The number of ether oxygens (including phenoxy) is 2. The highest BCUT2D eigenvalue weighted by Gasteiger charge is 2.58. The maximum absolute atomic E-state index is 12.8. The number of esters is 2. The summed E-state index contributed by atoms with van der Waals surface area (Å²) in [6.07, 6.45) is 10.1. The van der Waals surface area contributed by atoms with E-state index in [2.05, 4.69) is 20.8 Å². The van der Waals surface area contributed by atoms with Crippen LogP contribution in [0.4, 0.5) is 0 Å². The Hall–Kier alpha value is -2.04. The molecule has 1 saturated carbocycles. The molecule has 5 nitrogen and oxygen atoms in total. The summed E-state index contributed by atoms with van der Waals surface area (Å²) in [7, 11) is 1.42. The first-order valence-electron chi connectivity index (χ1n) is 10.7. The number of carbonyl (C=O) groups excluding carboxylic acids is 2. The van der Waals surface area contributed by atoms with Crippen LogP contribution in [0.1, 0.15) is 65.4 Å². The maximum Gasteiger partial charge on any atom is 0.333 e. The molecule has 1 aromatic heterocycles. The predicted octanol–water partition coefficient (Wildman–Crippen LogP) is 5.10. The summed E-state index contributed by atoms with van der Waals surface area (Å²) in [5, 5.41) is 0. The molecule has 0 N–H and O–H groups in total. The Morgan fingerprint density at radius 1 is 1.24 bits per heavy atom. The Balaban J connectivity index is 2.04. The Morgan fingerprint density at radius 3 is 2.62 bits per heavy atom. The third kappa shape index (κ3) is 4.15. The van der Waals surface area contributed by atoms with E-state index in [-0.39, 0.29) is 34.6 Å². The van der Waals surface area contributed by atoms with E-state index in [9.17, 15) is 9.59 Å². The van der Waals surface area contributed by atoms with Gasteiger partial charge >= 0.3 is 11.9 Å². The molecule has 1 fully saturated rings. The Bertz CT molecular complexity index is 760. The first-order valence-corrected chi connectivity index (χ1v) is 10.7. The molecule has 0 radical (unpaired) electrons. The van der Waals surface area contributed by atoms with Crippen LogP contribution in [-0.2, 0) is 25.5 Å². The normalized spacial score (nSPS) is 30.8. The van der Waals surface area contributed by atoms with Crippen molar-refractivity contribution in [2.45, 2.75) is 72.3 Å². The summed E-state index contributed by atoms with van der Waals surface area (Å²) in [6.45, 7) is 8.62. The van der Waals surface area contributed by atoms with Gasteiger partial charge in [0.05, 0.1) is 19.6 Å². The topological polar surface area (TPSA) is 65.7 Å². The zero-order valence-electron chi connectivity index (χ0n) is 18.3. The van der Waals surface area contributed by atoms with Crippen LogP contribution in [0.3, 0.4) is 0 Å². The van der Waals surface area contributed by atoms with Crippen molar-refractivity contribution in [3.05, 3.63) is 35.8 Å². The number of hydrogen-bond acceptors (Lipinski definition) is 5. The van der Waals surface area contributed by atoms with Crippen LogP contribution in [0.15, 0.2) is 34.7 Å². The lowest BCUT2D eigenvalue weighted by Crippen LogP contribution is -2.56. The molecule has 160 valence electrons. The van der Waals surface area contributed by atoms with Gasteiger partial charge in [0.1, 0.15) is 6.10 Å². The first-order chi connectivity index (χ1) is 13.7. The highest BCUT2D eigenvalue weighted by molar-refractivity contribution is 5.89. The van der Waals surface area contributed by atoms with Crippen LogP contribution in [0.2, 0.25) is 0 Å². The predicted molar refractivity (Wildman–Crippen MR) is 110 cm³/mol. The van der Waals surface area contributed by atoms with Gasteiger partial charge in [-0.15, -0.1) is 0 Å². The van der Waals surface area contributed by atoms with E-state index in [1.54, 1.807) is 19.5 Å². The second-order valence-electron chi connectivity index (χ2n) is 9.47. The number of aryl methyl sites for hydroxylation is 1. The van der Waals surface area contributed by atoms with Crippen molar-refractivity contribution in [1.82, 2.24) is 0 Å². The van der Waals surface area contributed by atoms with Gasteiger partial charge in [-0.3, -0.25) is 4.79 Å². The van der Waals surface area contributed by atoms with Gasteiger partial charge in [0.15, 0.2) is 0 Å². The van der Waals surface area contributed by atoms with Crippen LogP contribution in [0, 0.1) is 22.7 Å². The van der Waals surface area contributed by atoms with Crippen LogP contribution < -0.4 is 0 Å². The Morgan fingerprint density at radius 2 is 2.00 bits per heavy atom. The third-order valence-corrected chi connectivity index (χ3v) is 7.21. The van der Waals surface area contributed by atoms with E-state index in [4.69, 9.17) is 13.9 Å². The fraction of sp³-hybridized carbons (Fsp3) is 0.667. The summed E-state index contributed by atoms with van der Waals surface area (Å²) in [4.78, 5) is 25.0. The highest BCUT2D eigenvalue weighted by Crippen LogP contribution is 2.61. The largest absolute Gasteiger partial charge is 0.472 e. The molecule has 0 aliphatic heterocycles. The monoisotopic (exact) mass is 402 g/mol. The summed E-state index contributed by atoms with van der Waals surface area (Å²) >= 11 is 0. The Labute approximate surface area is 173 Å². The van der Waals surface area contributed by atoms with Gasteiger partial charge in [0.2, 0.25) is 0 Å². The minimum absolute atomic E-state index is 0.0116.